The molecule has 8 nitrogen and oxygen atoms in total. The molecule has 1 N–H and O–H groups in total. The fraction of sp³-hybridized carbons (Fsp3) is 0.280. The Morgan fingerprint density at radius 3 is 2.30 bits per heavy atom. The smallest absolute Gasteiger partial charge is 0.325 e. The molecule has 3 rings (SSSR count). The van der Waals surface area contributed by atoms with Crippen molar-refractivity contribution < 1.29 is 28.6 Å². The third-order valence-electron chi connectivity index (χ3n) is 4.74. The number of aromatic nitrogens is 1. The zero-order valence-corrected chi connectivity index (χ0v) is 19.2. The molecule has 33 heavy (non-hydrogen) atoms. The van der Waals surface area contributed by atoms with Crippen LogP contribution >= 0.6 is 0 Å². The Kier molecular flexibility index (Phi) is 6.96. The molecule has 0 unspecified atom stereocenters. The molecule has 1 amide bonds. The first-order chi connectivity index (χ1) is 15.6. The van der Waals surface area contributed by atoms with Gasteiger partial charge in [-0.05, 0) is 58.0 Å². The van der Waals surface area contributed by atoms with Crippen LogP contribution < -0.4 is 14.8 Å². The molecule has 8 heteroatoms. The maximum absolute atomic E-state index is 12.8. The van der Waals surface area contributed by atoms with Crippen LogP contribution in [0.5, 0.6) is 17.2 Å². The highest BCUT2D eigenvalue weighted by atomic mass is 16.5. The van der Waals surface area contributed by atoms with E-state index in [-0.39, 0.29) is 18.0 Å². The summed E-state index contributed by atoms with van der Waals surface area (Å²) in [5, 5.41) is 3.62. The Bertz CT molecular complexity index is 1200. The number of aryl methyl sites for hydroxylation is 1. The van der Waals surface area contributed by atoms with E-state index in [9.17, 15) is 14.4 Å². The van der Waals surface area contributed by atoms with Gasteiger partial charge in [-0.3, -0.25) is 14.4 Å². The van der Waals surface area contributed by atoms with Crippen LogP contribution in [0.25, 0.3) is 10.8 Å². The van der Waals surface area contributed by atoms with Gasteiger partial charge in [-0.15, -0.1) is 0 Å². The van der Waals surface area contributed by atoms with Crippen LogP contribution in [0.15, 0.2) is 48.5 Å². The first kappa shape index (κ1) is 23.7. The number of carbonyl (C=O) groups is 3. The summed E-state index contributed by atoms with van der Waals surface area (Å²) in [6.07, 6.45) is 0. The molecule has 0 spiro atoms. The van der Waals surface area contributed by atoms with E-state index in [1.54, 1.807) is 45.9 Å². The highest BCUT2D eigenvalue weighted by Gasteiger charge is 2.28. The monoisotopic (exact) mass is 450 g/mol. The fourth-order valence-electron chi connectivity index (χ4n) is 2.93. The zero-order chi connectivity index (χ0) is 24.2. The van der Waals surface area contributed by atoms with Gasteiger partial charge >= 0.3 is 11.9 Å². The van der Waals surface area contributed by atoms with Crippen LogP contribution in [0, 0.1) is 12.3 Å². The summed E-state index contributed by atoms with van der Waals surface area (Å²) < 4.78 is 16.1. The quantitative estimate of drug-likeness (QED) is 0.562. The van der Waals surface area contributed by atoms with Crippen molar-refractivity contribution in [2.45, 2.75) is 27.7 Å². The normalized spacial score (nSPS) is 11.1. The van der Waals surface area contributed by atoms with Gasteiger partial charge < -0.3 is 19.5 Å². The average molecular weight is 450 g/mol. The van der Waals surface area contributed by atoms with Crippen molar-refractivity contribution in [3.8, 4) is 17.2 Å². The second-order valence-electron chi connectivity index (χ2n) is 8.40. The molecule has 0 saturated carbocycles. The Morgan fingerprint density at radius 1 is 0.970 bits per heavy atom. The number of esters is 2. The van der Waals surface area contributed by atoms with Crippen LogP contribution in [-0.2, 0) is 14.3 Å². The van der Waals surface area contributed by atoms with Crippen LogP contribution in [0.1, 0.15) is 37.0 Å². The number of benzene rings is 2. The van der Waals surface area contributed by atoms with E-state index in [1.165, 1.54) is 7.11 Å². The van der Waals surface area contributed by atoms with Crippen molar-refractivity contribution in [2.24, 2.45) is 5.41 Å². The van der Waals surface area contributed by atoms with Crippen molar-refractivity contribution in [2.75, 3.05) is 13.7 Å². The lowest BCUT2D eigenvalue weighted by atomic mass is 9.97. The SMILES string of the molecule is COC(=O)CNC(=O)c1nc(C)c2cc(Oc3ccccc3)ccc2c1OC(=O)C(C)(C)C. The number of para-hydroxylation sites is 1. The topological polar surface area (TPSA) is 104 Å². The van der Waals surface area contributed by atoms with Gasteiger partial charge in [-0.25, -0.2) is 4.98 Å². The van der Waals surface area contributed by atoms with Gasteiger partial charge in [-0.1, -0.05) is 18.2 Å². The van der Waals surface area contributed by atoms with Crippen LogP contribution in [-0.4, -0.2) is 36.5 Å². The van der Waals surface area contributed by atoms with Crippen molar-refractivity contribution >= 4 is 28.6 Å². The van der Waals surface area contributed by atoms with Crippen LogP contribution in [0.4, 0.5) is 0 Å². The minimum Gasteiger partial charge on any atom is -0.468 e. The molecule has 2 aromatic carbocycles. The van der Waals surface area contributed by atoms with Crippen molar-refractivity contribution in [1.29, 1.82) is 0 Å². The Balaban J connectivity index is 2.08. The molecule has 3 aromatic rings. The molecule has 1 heterocycles. The van der Waals surface area contributed by atoms with Gasteiger partial charge in [0.1, 0.15) is 18.0 Å². The summed E-state index contributed by atoms with van der Waals surface area (Å²) in [5.41, 5.74) is -0.381. The zero-order valence-electron chi connectivity index (χ0n) is 19.2. The minimum absolute atomic E-state index is 0.0177. The number of nitrogens with one attached hydrogen (secondary N) is 1. The number of hydrogen-bond donors (Lipinski definition) is 1. The molecule has 0 radical (unpaired) electrons. The summed E-state index contributed by atoms with van der Waals surface area (Å²) in [6, 6.07) is 14.5. The number of methoxy groups -OCH3 is 1. The molecular formula is C25H26N2O6. The van der Waals surface area contributed by atoms with E-state index in [0.717, 1.165) is 0 Å². The number of hydrogen-bond acceptors (Lipinski definition) is 7. The Labute approximate surface area is 191 Å². The standard InChI is InChI=1S/C25H26N2O6/c1-15-19-13-17(32-16-9-7-6-8-10-16)11-12-18(19)22(33-24(30)25(2,3)4)21(27-15)23(29)26-14-20(28)31-5/h6-13H,14H2,1-5H3,(H,26,29). The predicted octanol–water partition coefficient (Wildman–Crippen LogP) is 4.19. The molecule has 0 aliphatic heterocycles. The number of pyridine rings is 1. The number of fused-ring (bicyclic) bond motifs is 1. The lowest BCUT2D eigenvalue weighted by Crippen LogP contribution is -2.32. The van der Waals surface area contributed by atoms with Gasteiger partial charge in [0.25, 0.3) is 5.91 Å². The molecule has 0 fully saturated rings. The minimum atomic E-state index is -0.812. The van der Waals surface area contributed by atoms with Crippen LogP contribution in [0.3, 0.4) is 0 Å². The Hall–Kier alpha value is -3.94. The van der Waals surface area contributed by atoms with Gasteiger partial charge in [0.05, 0.1) is 12.5 Å². The third kappa shape index (κ3) is 5.65. The summed E-state index contributed by atoms with van der Waals surface area (Å²) in [5.74, 6) is -0.552. The maximum atomic E-state index is 12.8. The lowest BCUT2D eigenvalue weighted by molar-refractivity contribution is -0.143. The lowest BCUT2D eigenvalue weighted by Gasteiger charge is -2.20. The molecular weight excluding hydrogens is 424 g/mol. The third-order valence-corrected chi connectivity index (χ3v) is 4.74. The van der Waals surface area contributed by atoms with Crippen molar-refractivity contribution in [3.05, 3.63) is 59.9 Å². The fourth-order valence-corrected chi connectivity index (χ4v) is 2.93. The number of rotatable bonds is 6. The average Bonchev–Trinajstić information content (AvgIpc) is 2.78. The molecule has 0 aliphatic rings. The van der Waals surface area contributed by atoms with Gasteiger partial charge in [0.15, 0.2) is 11.4 Å². The first-order valence-corrected chi connectivity index (χ1v) is 10.3. The first-order valence-electron chi connectivity index (χ1n) is 10.3. The van der Waals surface area contributed by atoms with Crippen molar-refractivity contribution in [1.82, 2.24) is 10.3 Å². The van der Waals surface area contributed by atoms with Crippen molar-refractivity contribution in [3.63, 3.8) is 0 Å². The summed E-state index contributed by atoms with van der Waals surface area (Å²) >= 11 is 0. The van der Waals surface area contributed by atoms with E-state index in [0.29, 0.717) is 28.0 Å². The van der Waals surface area contributed by atoms with Crippen LogP contribution in [0.2, 0.25) is 0 Å². The molecule has 0 atom stereocenters. The number of carbonyl (C=O) groups excluding carboxylic acids is 3. The number of nitrogens with zero attached hydrogens (tertiary/aromatic N) is 1. The predicted molar refractivity (Wildman–Crippen MR) is 122 cm³/mol. The van der Waals surface area contributed by atoms with E-state index in [2.05, 4.69) is 15.0 Å². The highest BCUT2D eigenvalue weighted by molar-refractivity contribution is 6.04. The summed E-state index contributed by atoms with van der Waals surface area (Å²) in [7, 11) is 1.22. The second-order valence-corrected chi connectivity index (χ2v) is 8.40. The number of ether oxygens (including phenoxy) is 3. The van der Waals surface area contributed by atoms with Gasteiger partial charge in [0, 0.05) is 16.5 Å². The van der Waals surface area contributed by atoms with E-state index in [1.807, 2.05) is 30.3 Å². The molecule has 0 bridgehead atoms. The largest absolute Gasteiger partial charge is 0.468 e. The van der Waals surface area contributed by atoms with E-state index < -0.39 is 23.3 Å². The number of amides is 1. The van der Waals surface area contributed by atoms with E-state index >= 15 is 0 Å². The van der Waals surface area contributed by atoms with E-state index in [4.69, 9.17) is 9.47 Å². The highest BCUT2D eigenvalue weighted by Crippen LogP contribution is 2.35. The summed E-state index contributed by atoms with van der Waals surface area (Å²) in [6.45, 7) is 6.53. The van der Waals surface area contributed by atoms with Gasteiger partial charge in [-0.2, -0.15) is 0 Å². The summed E-state index contributed by atoms with van der Waals surface area (Å²) in [4.78, 5) is 41.3. The molecule has 172 valence electrons. The maximum Gasteiger partial charge on any atom is 0.325 e. The molecule has 0 saturated heterocycles. The molecule has 0 aliphatic carbocycles. The Morgan fingerprint density at radius 2 is 1.67 bits per heavy atom. The second kappa shape index (κ2) is 9.68. The molecule has 1 aromatic heterocycles. The van der Waals surface area contributed by atoms with Gasteiger partial charge in [0.2, 0.25) is 0 Å².